The van der Waals surface area contributed by atoms with Gasteiger partial charge >= 0.3 is 0 Å². The number of hydrogen-bond acceptors (Lipinski definition) is 6. The molecule has 3 aromatic rings. The SMILES string of the molecule is O=Cc1cccc(-c2ccc(C=O)c(C=O)c2-c2cccc(C=O)c2C=O)c1C=O. The molecule has 0 bridgehead atoms. The first kappa shape index (κ1) is 20.4. The van der Waals surface area contributed by atoms with E-state index in [0.717, 1.165) is 0 Å². The Morgan fingerprint density at radius 3 is 1.37 bits per heavy atom. The van der Waals surface area contributed by atoms with Gasteiger partial charge in [0.1, 0.15) is 0 Å². The topological polar surface area (TPSA) is 102 Å². The Morgan fingerprint density at radius 2 is 0.867 bits per heavy atom. The van der Waals surface area contributed by atoms with E-state index in [-0.39, 0.29) is 44.5 Å². The fraction of sp³-hybridized carbons (Fsp3) is 0. The zero-order valence-electron chi connectivity index (χ0n) is 15.5. The van der Waals surface area contributed by atoms with E-state index < -0.39 is 0 Å². The largest absolute Gasteiger partial charge is 0.298 e. The van der Waals surface area contributed by atoms with Crippen molar-refractivity contribution in [1.29, 1.82) is 0 Å². The van der Waals surface area contributed by atoms with Crippen LogP contribution in [0, 0.1) is 0 Å². The molecule has 6 nitrogen and oxygen atoms in total. The summed E-state index contributed by atoms with van der Waals surface area (Å²) >= 11 is 0. The van der Waals surface area contributed by atoms with Gasteiger partial charge < -0.3 is 0 Å². The lowest BCUT2D eigenvalue weighted by Crippen LogP contribution is -2.04. The van der Waals surface area contributed by atoms with E-state index in [1.807, 2.05) is 0 Å². The molecule has 0 fully saturated rings. The summed E-state index contributed by atoms with van der Waals surface area (Å²) < 4.78 is 0. The summed E-state index contributed by atoms with van der Waals surface area (Å²) in [6.07, 6.45) is 3.06. The van der Waals surface area contributed by atoms with Gasteiger partial charge in [-0.3, -0.25) is 28.8 Å². The van der Waals surface area contributed by atoms with E-state index >= 15 is 0 Å². The van der Waals surface area contributed by atoms with Crippen LogP contribution in [0.2, 0.25) is 0 Å². The molecule has 0 atom stereocenters. The maximum Gasteiger partial charge on any atom is 0.151 e. The van der Waals surface area contributed by atoms with Crippen molar-refractivity contribution in [3.63, 3.8) is 0 Å². The Hall–Kier alpha value is -4.32. The first-order chi connectivity index (χ1) is 14.6. The highest BCUT2D eigenvalue weighted by Crippen LogP contribution is 2.39. The summed E-state index contributed by atoms with van der Waals surface area (Å²) in [6.45, 7) is 0. The Balaban J connectivity index is 2.54. The molecule has 6 heteroatoms. The predicted octanol–water partition coefficient (Wildman–Crippen LogP) is 3.90. The second kappa shape index (κ2) is 8.79. The van der Waals surface area contributed by atoms with Crippen LogP contribution in [0.3, 0.4) is 0 Å². The lowest BCUT2D eigenvalue weighted by atomic mass is 9.84. The molecule has 146 valence electrons. The van der Waals surface area contributed by atoms with Crippen molar-refractivity contribution in [2.24, 2.45) is 0 Å². The van der Waals surface area contributed by atoms with Gasteiger partial charge in [0.25, 0.3) is 0 Å². The van der Waals surface area contributed by atoms with E-state index in [1.54, 1.807) is 24.3 Å². The molecule has 0 unspecified atom stereocenters. The van der Waals surface area contributed by atoms with Gasteiger partial charge in [0.2, 0.25) is 0 Å². The predicted molar refractivity (Wildman–Crippen MR) is 110 cm³/mol. The lowest BCUT2D eigenvalue weighted by Gasteiger charge is -2.18. The van der Waals surface area contributed by atoms with Crippen molar-refractivity contribution in [2.45, 2.75) is 0 Å². The number of hydrogen-bond donors (Lipinski definition) is 0. The van der Waals surface area contributed by atoms with Crippen molar-refractivity contribution < 1.29 is 28.8 Å². The van der Waals surface area contributed by atoms with Gasteiger partial charge in [0.05, 0.1) is 0 Å². The standard InChI is InChI=1S/C24H14O6/c25-9-15-3-1-5-18(21(15)12-28)20-8-7-17(11-27)23(14-30)24(20)19-6-2-4-16(10-26)22(19)13-29/h1-14H. The summed E-state index contributed by atoms with van der Waals surface area (Å²) in [5.74, 6) is 0. The van der Waals surface area contributed by atoms with Gasteiger partial charge in [-0.15, -0.1) is 0 Å². The quantitative estimate of drug-likeness (QED) is 0.533. The molecule has 0 aromatic heterocycles. The highest BCUT2D eigenvalue weighted by Gasteiger charge is 2.21. The molecule has 30 heavy (non-hydrogen) atoms. The summed E-state index contributed by atoms with van der Waals surface area (Å²) in [4.78, 5) is 69.8. The molecule has 0 N–H and O–H groups in total. The second-order valence-corrected chi connectivity index (χ2v) is 6.32. The van der Waals surface area contributed by atoms with E-state index in [4.69, 9.17) is 0 Å². The van der Waals surface area contributed by atoms with Gasteiger partial charge in [-0.2, -0.15) is 0 Å². The maximum atomic E-state index is 12.0. The summed E-state index contributed by atoms with van der Waals surface area (Å²) in [5, 5.41) is 0. The first-order valence-corrected chi connectivity index (χ1v) is 8.79. The molecule has 0 aliphatic carbocycles. The highest BCUT2D eigenvalue weighted by atomic mass is 16.1. The third-order valence-electron chi connectivity index (χ3n) is 4.85. The molecule has 3 aromatic carbocycles. The van der Waals surface area contributed by atoms with Gasteiger partial charge in [0, 0.05) is 38.9 Å². The third-order valence-corrected chi connectivity index (χ3v) is 4.85. The van der Waals surface area contributed by atoms with Crippen molar-refractivity contribution in [1.82, 2.24) is 0 Å². The molecule has 0 heterocycles. The Labute approximate surface area is 171 Å². The van der Waals surface area contributed by atoms with Crippen molar-refractivity contribution >= 4 is 37.7 Å². The summed E-state index contributed by atoms with van der Waals surface area (Å²) in [6, 6.07) is 12.1. The number of rotatable bonds is 8. The molecule has 0 radical (unpaired) electrons. The average Bonchev–Trinajstić information content (AvgIpc) is 2.81. The van der Waals surface area contributed by atoms with Crippen LogP contribution >= 0.6 is 0 Å². The molecular weight excluding hydrogens is 384 g/mol. The van der Waals surface area contributed by atoms with Crippen LogP contribution < -0.4 is 0 Å². The third kappa shape index (κ3) is 3.31. The van der Waals surface area contributed by atoms with Crippen molar-refractivity contribution in [2.75, 3.05) is 0 Å². The van der Waals surface area contributed by atoms with Crippen LogP contribution in [-0.4, -0.2) is 37.7 Å². The normalized spacial score (nSPS) is 10.1. The lowest BCUT2D eigenvalue weighted by molar-refractivity contribution is 0.109. The number of benzene rings is 3. The first-order valence-electron chi connectivity index (χ1n) is 8.79. The number of carbonyl (C=O) groups excluding carboxylic acids is 6. The number of carbonyl (C=O) groups is 6. The Morgan fingerprint density at radius 1 is 0.400 bits per heavy atom. The molecule has 0 saturated heterocycles. The Bertz CT molecular complexity index is 1210. The highest BCUT2D eigenvalue weighted by molar-refractivity contribution is 6.09. The zero-order chi connectivity index (χ0) is 21.7. The minimum atomic E-state index is 0.00186. The minimum absolute atomic E-state index is 0.00186. The zero-order valence-corrected chi connectivity index (χ0v) is 15.5. The molecule has 0 amide bonds. The van der Waals surface area contributed by atoms with E-state index in [0.29, 0.717) is 48.8 Å². The smallest absolute Gasteiger partial charge is 0.151 e. The molecule has 0 saturated carbocycles. The Kier molecular flexibility index (Phi) is 5.98. The van der Waals surface area contributed by atoms with Crippen molar-refractivity contribution in [3.8, 4) is 22.3 Å². The minimum Gasteiger partial charge on any atom is -0.298 e. The van der Waals surface area contributed by atoms with Crippen LogP contribution in [0.4, 0.5) is 0 Å². The maximum absolute atomic E-state index is 12.0. The van der Waals surface area contributed by atoms with E-state index in [2.05, 4.69) is 0 Å². The van der Waals surface area contributed by atoms with Gasteiger partial charge in [-0.1, -0.05) is 48.5 Å². The van der Waals surface area contributed by atoms with E-state index in [1.165, 1.54) is 24.3 Å². The second-order valence-electron chi connectivity index (χ2n) is 6.32. The van der Waals surface area contributed by atoms with Crippen LogP contribution in [0.5, 0.6) is 0 Å². The van der Waals surface area contributed by atoms with E-state index in [9.17, 15) is 28.8 Å². The van der Waals surface area contributed by atoms with Crippen LogP contribution in [-0.2, 0) is 0 Å². The molecule has 0 aliphatic rings. The van der Waals surface area contributed by atoms with Crippen LogP contribution in [0.15, 0.2) is 48.5 Å². The van der Waals surface area contributed by atoms with Crippen molar-refractivity contribution in [3.05, 3.63) is 81.9 Å². The summed E-state index contributed by atoms with van der Waals surface area (Å²) in [5.41, 5.74) is 1.66. The fourth-order valence-electron chi connectivity index (χ4n) is 3.47. The fourth-order valence-corrected chi connectivity index (χ4v) is 3.47. The number of aldehydes is 6. The monoisotopic (exact) mass is 398 g/mol. The van der Waals surface area contributed by atoms with Crippen LogP contribution in [0.25, 0.3) is 22.3 Å². The molecular formula is C24H14O6. The molecule has 0 spiro atoms. The molecule has 0 aliphatic heterocycles. The summed E-state index contributed by atoms with van der Waals surface area (Å²) in [7, 11) is 0. The van der Waals surface area contributed by atoms with Gasteiger partial charge in [-0.05, 0) is 16.7 Å². The molecule has 3 rings (SSSR count). The average molecular weight is 398 g/mol. The van der Waals surface area contributed by atoms with Gasteiger partial charge in [-0.25, -0.2) is 0 Å². The van der Waals surface area contributed by atoms with Crippen LogP contribution in [0.1, 0.15) is 62.1 Å². The van der Waals surface area contributed by atoms with Gasteiger partial charge in [0.15, 0.2) is 37.7 Å².